The van der Waals surface area contributed by atoms with Crippen molar-refractivity contribution < 1.29 is 13.2 Å². The van der Waals surface area contributed by atoms with Gasteiger partial charge < -0.3 is 10.2 Å². The fourth-order valence-electron chi connectivity index (χ4n) is 3.95. The molecular weight excluding hydrogens is 454 g/mol. The molecule has 2 aromatic carbocycles. The summed E-state index contributed by atoms with van der Waals surface area (Å²) >= 11 is 7.47. The zero-order chi connectivity index (χ0) is 22.3. The highest BCUT2D eigenvalue weighted by Crippen LogP contribution is 2.37. The van der Waals surface area contributed by atoms with E-state index in [4.69, 9.17) is 16.6 Å². The normalized spacial score (nSPS) is 21.7. The molecule has 2 aliphatic heterocycles. The molecule has 6 nitrogen and oxygen atoms in total. The van der Waals surface area contributed by atoms with E-state index in [-0.39, 0.29) is 35.2 Å². The maximum atomic E-state index is 12.6. The third kappa shape index (κ3) is 4.61. The second-order valence-corrected chi connectivity index (χ2v) is 11.5. The summed E-state index contributed by atoms with van der Waals surface area (Å²) in [5, 5.41) is 4.19. The summed E-state index contributed by atoms with van der Waals surface area (Å²) in [6.45, 7) is 5.87. The van der Waals surface area contributed by atoms with Crippen molar-refractivity contribution in [3.63, 3.8) is 0 Å². The Kier molecular flexibility index (Phi) is 6.07. The number of fused-ring (bicyclic) bond motifs is 1. The van der Waals surface area contributed by atoms with E-state index in [0.29, 0.717) is 15.9 Å². The van der Waals surface area contributed by atoms with Crippen LogP contribution in [-0.2, 0) is 14.6 Å². The molecule has 2 unspecified atom stereocenters. The van der Waals surface area contributed by atoms with Gasteiger partial charge in [-0.15, -0.1) is 0 Å². The van der Waals surface area contributed by atoms with Gasteiger partial charge in [0.25, 0.3) is 0 Å². The molecule has 2 aromatic rings. The third-order valence-electron chi connectivity index (χ3n) is 5.61. The minimum Gasteiger partial charge on any atom is -0.325 e. The molecule has 1 saturated heterocycles. The largest absolute Gasteiger partial charge is 0.325 e. The molecule has 0 aliphatic carbocycles. The van der Waals surface area contributed by atoms with Gasteiger partial charge in [0.05, 0.1) is 29.3 Å². The first kappa shape index (κ1) is 22.2. The van der Waals surface area contributed by atoms with Crippen molar-refractivity contribution in [2.75, 3.05) is 27.5 Å². The standard InChI is InChI=1S/C22H24ClN3O3S2/c1-13-7-8-14(2)19(9-13)26-20-12-31(28,29)11-18(20)25-22(26)30-10-21(27)24-17-6-4-5-16(23)15(17)3/h4-9,18,20H,10-12H2,1-3H3,(H,24,27). The molecular formula is C22H24ClN3O3S2. The lowest BCUT2D eigenvalue weighted by atomic mass is 10.1. The van der Waals surface area contributed by atoms with Gasteiger partial charge in [-0.3, -0.25) is 9.79 Å². The highest BCUT2D eigenvalue weighted by Gasteiger charge is 2.47. The number of rotatable bonds is 4. The van der Waals surface area contributed by atoms with Crippen molar-refractivity contribution in [2.45, 2.75) is 32.9 Å². The van der Waals surface area contributed by atoms with Crippen LogP contribution >= 0.6 is 23.4 Å². The number of carbonyl (C=O) groups is 1. The predicted octanol–water partition coefficient (Wildman–Crippen LogP) is 3.98. The molecule has 1 amide bonds. The van der Waals surface area contributed by atoms with Crippen molar-refractivity contribution in [2.24, 2.45) is 4.99 Å². The van der Waals surface area contributed by atoms with Gasteiger partial charge in [0.2, 0.25) is 5.91 Å². The Labute approximate surface area is 192 Å². The minimum absolute atomic E-state index is 0.0526. The Bertz CT molecular complexity index is 1180. The monoisotopic (exact) mass is 477 g/mol. The molecule has 31 heavy (non-hydrogen) atoms. The van der Waals surface area contributed by atoms with E-state index < -0.39 is 9.84 Å². The van der Waals surface area contributed by atoms with Crippen molar-refractivity contribution in [3.05, 3.63) is 58.1 Å². The summed E-state index contributed by atoms with van der Waals surface area (Å²) in [5.74, 6) is 0.130. The second-order valence-electron chi connectivity index (χ2n) is 8.03. The summed E-state index contributed by atoms with van der Waals surface area (Å²) in [7, 11) is -3.12. The van der Waals surface area contributed by atoms with Gasteiger partial charge >= 0.3 is 0 Å². The van der Waals surface area contributed by atoms with E-state index in [1.165, 1.54) is 11.8 Å². The van der Waals surface area contributed by atoms with Crippen molar-refractivity contribution in [3.8, 4) is 0 Å². The summed E-state index contributed by atoms with van der Waals surface area (Å²) in [4.78, 5) is 19.3. The van der Waals surface area contributed by atoms with Crippen LogP contribution in [0.1, 0.15) is 16.7 Å². The van der Waals surface area contributed by atoms with Gasteiger partial charge in [-0.1, -0.05) is 41.6 Å². The minimum atomic E-state index is -3.12. The van der Waals surface area contributed by atoms with Crippen molar-refractivity contribution in [1.29, 1.82) is 0 Å². The number of hydrogen-bond acceptors (Lipinski definition) is 6. The lowest BCUT2D eigenvalue weighted by molar-refractivity contribution is -0.113. The summed E-state index contributed by atoms with van der Waals surface area (Å²) in [6, 6.07) is 11.0. The van der Waals surface area contributed by atoms with Crippen LogP contribution < -0.4 is 10.2 Å². The number of amides is 1. The Morgan fingerprint density at radius 3 is 2.77 bits per heavy atom. The van der Waals surface area contributed by atoms with E-state index in [9.17, 15) is 13.2 Å². The summed E-state index contributed by atoms with van der Waals surface area (Å²) in [5.41, 5.74) is 4.58. The smallest absolute Gasteiger partial charge is 0.234 e. The van der Waals surface area contributed by atoms with Gasteiger partial charge in [-0.05, 0) is 55.7 Å². The zero-order valence-electron chi connectivity index (χ0n) is 17.6. The number of nitrogens with one attached hydrogen (secondary N) is 1. The van der Waals surface area contributed by atoms with Crippen LogP contribution in [0.15, 0.2) is 41.4 Å². The first-order valence-corrected chi connectivity index (χ1v) is 13.2. The van der Waals surface area contributed by atoms with Crippen LogP contribution in [0.5, 0.6) is 0 Å². The first-order chi connectivity index (χ1) is 14.6. The van der Waals surface area contributed by atoms with E-state index in [0.717, 1.165) is 22.4 Å². The van der Waals surface area contributed by atoms with Gasteiger partial charge in [0.1, 0.15) is 0 Å². The van der Waals surface area contributed by atoms with Crippen molar-refractivity contribution >= 4 is 55.6 Å². The lowest BCUT2D eigenvalue weighted by Gasteiger charge is -2.28. The van der Waals surface area contributed by atoms with Crippen LogP contribution in [0.4, 0.5) is 11.4 Å². The molecule has 1 fully saturated rings. The fourth-order valence-corrected chi connectivity index (χ4v) is 6.89. The second kappa shape index (κ2) is 8.48. The van der Waals surface area contributed by atoms with Crippen LogP contribution in [0, 0.1) is 20.8 Å². The molecule has 0 bridgehead atoms. The number of sulfone groups is 1. The first-order valence-electron chi connectivity index (χ1n) is 9.97. The van der Waals surface area contributed by atoms with E-state index in [1.54, 1.807) is 12.1 Å². The average Bonchev–Trinajstić information content (AvgIpc) is 3.17. The van der Waals surface area contributed by atoms with Crippen LogP contribution in [0.25, 0.3) is 0 Å². The van der Waals surface area contributed by atoms with E-state index in [1.807, 2.05) is 49.9 Å². The molecule has 0 radical (unpaired) electrons. The highest BCUT2D eigenvalue weighted by molar-refractivity contribution is 8.14. The topological polar surface area (TPSA) is 78.8 Å². The number of halogens is 1. The summed E-state index contributed by atoms with van der Waals surface area (Å²) < 4.78 is 24.5. The Hall–Kier alpha value is -2.03. The third-order valence-corrected chi connectivity index (χ3v) is 8.68. The lowest BCUT2D eigenvalue weighted by Crippen LogP contribution is -2.40. The number of aryl methyl sites for hydroxylation is 2. The molecule has 0 saturated carbocycles. The highest BCUT2D eigenvalue weighted by atomic mass is 35.5. The Balaban J connectivity index is 1.55. The zero-order valence-corrected chi connectivity index (χ0v) is 19.9. The quantitative estimate of drug-likeness (QED) is 0.720. The van der Waals surface area contributed by atoms with E-state index >= 15 is 0 Å². The van der Waals surface area contributed by atoms with Gasteiger partial charge in [0, 0.05) is 16.4 Å². The van der Waals surface area contributed by atoms with Gasteiger partial charge in [0.15, 0.2) is 15.0 Å². The number of amidine groups is 1. The van der Waals surface area contributed by atoms with Crippen molar-refractivity contribution in [1.82, 2.24) is 0 Å². The molecule has 0 aromatic heterocycles. The molecule has 4 rings (SSSR count). The number of carbonyl (C=O) groups excluding carboxylic acids is 1. The number of aliphatic imine (C=N–C) groups is 1. The Morgan fingerprint density at radius 2 is 2.00 bits per heavy atom. The Morgan fingerprint density at radius 1 is 1.23 bits per heavy atom. The molecule has 2 atom stereocenters. The van der Waals surface area contributed by atoms with Gasteiger partial charge in [-0.25, -0.2) is 8.42 Å². The molecule has 9 heteroatoms. The molecule has 0 spiro atoms. The number of anilines is 2. The fraction of sp³-hybridized carbons (Fsp3) is 0.364. The number of nitrogens with zero attached hydrogens (tertiary/aromatic N) is 2. The number of hydrogen-bond donors (Lipinski definition) is 1. The summed E-state index contributed by atoms with van der Waals surface area (Å²) in [6.07, 6.45) is 0. The molecule has 2 heterocycles. The van der Waals surface area contributed by atoms with Gasteiger partial charge in [-0.2, -0.15) is 0 Å². The van der Waals surface area contributed by atoms with Crippen LogP contribution in [0.2, 0.25) is 5.02 Å². The molecule has 1 N–H and O–H groups in total. The van der Waals surface area contributed by atoms with Crippen LogP contribution in [0.3, 0.4) is 0 Å². The van der Waals surface area contributed by atoms with Crippen LogP contribution in [-0.4, -0.2) is 48.8 Å². The number of benzene rings is 2. The SMILES string of the molecule is Cc1ccc(C)c(N2C(SCC(=O)Nc3cccc(Cl)c3C)=NC3CS(=O)(=O)CC32)c1. The number of thioether (sulfide) groups is 1. The molecule has 2 aliphatic rings. The molecule has 164 valence electrons. The maximum Gasteiger partial charge on any atom is 0.234 e. The average molecular weight is 478 g/mol. The predicted molar refractivity (Wildman–Crippen MR) is 129 cm³/mol. The van der Waals surface area contributed by atoms with E-state index in [2.05, 4.69) is 5.32 Å². The maximum absolute atomic E-state index is 12.6.